The van der Waals surface area contributed by atoms with Crippen molar-refractivity contribution in [1.29, 1.82) is 0 Å². The summed E-state index contributed by atoms with van der Waals surface area (Å²) < 4.78 is 0. The third kappa shape index (κ3) is 2.84. The van der Waals surface area contributed by atoms with Gasteiger partial charge in [-0.3, -0.25) is 4.79 Å². The molecule has 26 heavy (non-hydrogen) atoms. The largest absolute Gasteiger partial charge is 0.477 e. The topological polar surface area (TPSA) is 77.8 Å². The van der Waals surface area contributed by atoms with Crippen LogP contribution in [0.15, 0.2) is 30.0 Å². The number of aliphatic hydroxyl groups excluding tert-OH is 1. The highest BCUT2D eigenvalue weighted by atomic mass is 16.4. The normalized spacial score (nSPS) is 27.2. The SMILES string of the molecule is CCC(C)Cc1ccc(C2=C(C(=O)O)N3C(=O)C(C(C)O)C3C2C)cc1. The van der Waals surface area contributed by atoms with Crippen molar-refractivity contribution in [3.63, 3.8) is 0 Å². The molecule has 5 unspecified atom stereocenters. The summed E-state index contributed by atoms with van der Waals surface area (Å²) >= 11 is 0. The number of carboxylic acids is 1. The summed E-state index contributed by atoms with van der Waals surface area (Å²) in [7, 11) is 0. The maximum absolute atomic E-state index is 12.4. The fraction of sp³-hybridized carbons (Fsp3) is 0.524. The summed E-state index contributed by atoms with van der Waals surface area (Å²) in [5, 5.41) is 19.6. The summed E-state index contributed by atoms with van der Waals surface area (Å²) in [6.07, 6.45) is 1.33. The van der Waals surface area contributed by atoms with Crippen LogP contribution in [0.1, 0.15) is 45.2 Å². The van der Waals surface area contributed by atoms with E-state index in [1.165, 1.54) is 10.5 Å². The van der Waals surface area contributed by atoms with Crippen LogP contribution in [0.2, 0.25) is 0 Å². The Hall–Kier alpha value is -2.14. The van der Waals surface area contributed by atoms with Crippen LogP contribution in [0.25, 0.3) is 5.57 Å². The summed E-state index contributed by atoms with van der Waals surface area (Å²) in [6, 6.07) is 7.73. The van der Waals surface area contributed by atoms with Crippen LogP contribution in [0.5, 0.6) is 0 Å². The first kappa shape index (κ1) is 18.6. The molecular weight excluding hydrogens is 330 g/mol. The monoisotopic (exact) mass is 357 g/mol. The van der Waals surface area contributed by atoms with Crippen LogP contribution in [0.4, 0.5) is 0 Å². The molecule has 1 fully saturated rings. The smallest absolute Gasteiger partial charge is 0.352 e. The molecule has 1 aromatic carbocycles. The second-order valence-electron chi connectivity index (χ2n) is 7.74. The van der Waals surface area contributed by atoms with Gasteiger partial charge in [-0.2, -0.15) is 0 Å². The minimum atomic E-state index is -1.09. The number of hydrogen-bond donors (Lipinski definition) is 2. The lowest BCUT2D eigenvalue weighted by Gasteiger charge is -2.46. The Morgan fingerprint density at radius 3 is 2.35 bits per heavy atom. The second kappa shape index (κ2) is 6.88. The van der Waals surface area contributed by atoms with Crippen LogP contribution in [0.3, 0.4) is 0 Å². The van der Waals surface area contributed by atoms with E-state index in [9.17, 15) is 19.8 Å². The van der Waals surface area contributed by atoms with Crippen molar-refractivity contribution < 1.29 is 19.8 Å². The Morgan fingerprint density at radius 2 is 1.85 bits per heavy atom. The van der Waals surface area contributed by atoms with Crippen LogP contribution in [0, 0.1) is 17.8 Å². The minimum Gasteiger partial charge on any atom is -0.477 e. The molecule has 0 radical (unpaired) electrons. The van der Waals surface area contributed by atoms with Crippen molar-refractivity contribution >= 4 is 17.4 Å². The van der Waals surface area contributed by atoms with Gasteiger partial charge in [-0.25, -0.2) is 4.79 Å². The van der Waals surface area contributed by atoms with E-state index in [1.54, 1.807) is 6.92 Å². The number of nitrogens with zero attached hydrogens (tertiary/aromatic N) is 1. The van der Waals surface area contributed by atoms with Crippen molar-refractivity contribution in [2.45, 2.75) is 52.7 Å². The van der Waals surface area contributed by atoms with E-state index in [-0.39, 0.29) is 23.6 Å². The quantitative estimate of drug-likeness (QED) is 0.768. The number of amides is 1. The summed E-state index contributed by atoms with van der Waals surface area (Å²) in [4.78, 5) is 25.6. The van der Waals surface area contributed by atoms with Crippen LogP contribution >= 0.6 is 0 Å². The fourth-order valence-corrected chi connectivity index (χ4v) is 4.32. The summed E-state index contributed by atoms with van der Waals surface area (Å²) in [6.45, 7) is 7.92. The first-order valence-corrected chi connectivity index (χ1v) is 9.35. The number of carboxylic acid groups (broad SMARTS) is 1. The van der Waals surface area contributed by atoms with Crippen LogP contribution in [-0.2, 0) is 16.0 Å². The van der Waals surface area contributed by atoms with E-state index in [0.29, 0.717) is 11.5 Å². The number of aliphatic hydroxyl groups is 1. The number of benzene rings is 1. The first-order chi connectivity index (χ1) is 12.3. The Morgan fingerprint density at radius 1 is 1.23 bits per heavy atom. The zero-order chi connectivity index (χ0) is 19.2. The van der Waals surface area contributed by atoms with Crippen molar-refractivity contribution in [3.05, 3.63) is 41.1 Å². The predicted molar refractivity (Wildman–Crippen MR) is 99.1 cm³/mol. The molecule has 2 aliphatic rings. The van der Waals surface area contributed by atoms with Crippen molar-refractivity contribution in [2.75, 3.05) is 0 Å². The van der Waals surface area contributed by atoms with Crippen LogP contribution < -0.4 is 0 Å². The Bertz CT molecular complexity index is 750. The molecule has 2 heterocycles. The molecule has 3 rings (SSSR count). The molecule has 5 atom stereocenters. The molecule has 0 bridgehead atoms. The van der Waals surface area contributed by atoms with E-state index in [1.807, 2.05) is 31.2 Å². The zero-order valence-electron chi connectivity index (χ0n) is 15.8. The van der Waals surface area contributed by atoms with Crippen molar-refractivity contribution in [3.8, 4) is 0 Å². The molecule has 1 saturated heterocycles. The van der Waals surface area contributed by atoms with Gasteiger partial charge in [0.25, 0.3) is 0 Å². The molecule has 0 saturated carbocycles. The van der Waals surface area contributed by atoms with E-state index in [4.69, 9.17) is 0 Å². The Kier molecular flexibility index (Phi) is 4.93. The molecular formula is C21H27NO4. The van der Waals surface area contributed by atoms with Gasteiger partial charge in [0.2, 0.25) is 5.91 Å². The standard InChI is InChI=1S/C21H27NO4/c1-5-11(2)10-14-6-8-15(9-7-14)16-12(3)18-17(13(4)23)20(24)22(18)19(16)21(25)26/h6-9,11-13,17-18,23H,5,10H2,1-4H3,(H,25,26). The van der Waals surface area contributed by atoms with Crippen molar-refractivity contribution in [1.82, 2.24) is 4.90 Å². The first-order valence-electron chi connectivity index (χ1n) is 9.35. The molecule has 1 aromatic rings. The van der Waals surface area contributed by atoms with Gasteiger partial charge in [-0.15, -0.1) is 0 Å². The molecule has 5 nitrogen and oxygen atoms in total. The molecule has 140 valence electrons. The number of aliphatic carboxylic acids is 1. The summed E-state index contributed by atoms with van der Waals surface area (Å²) in [5.41, 5.74) is 2.83. The molecule has 0 aliphatic carbocycles. The van der Waals surface area contributed by atoms with Gasteiger partial charge in [0.05, 0.1) is 18.1 Å². The lowest BCUT2D eigenvalue weighted by Crippen LogP contribution is -2.63. The zero-order valence-corrected chi connectivity index (χ0v) is 15.8. The third-order valence-corrected chi connectivity index (χ3v) is 5.92. The van der Waals surface area contributed by atoms with Gasteiger partial charge in [-0.1, -0.05) is 51.5 Å². The molecule has 0 aromatic heterocycles. The number of carbonyl (C=O) groups excluding carboxylic acids is 1. The van der Waals surface area contributed by atoms with E-state index in [2.05, 4.69) is 13.8 Å². The Labute approximate surface area is 154 Å². The van der Waals surface area contributed by atoms with Gasteiger partial charge in [0, 0.05) is 5.92 Å². The van der Waals surface area contributed by atoms with Crippen LogP contribution in [-0.4, -0.2) is 39.1 Å². The Balaban J connectivity index is 1.95. The number of fused-ring (bicyclic) bond motifs is 1. The molecule has 2 N–H and O–H groups in total. The maximum Gasteiger partial charge on any atom is 0.352 e. The third-order valence-electron chi connectivity index (χ3n) is 5.92. The van der Waals surface area contributed by atoms with Gasteiger partial charge < -0.3 is 15.1 Å². The molecule has 1 amide bonds. The number of rotatable bonds is 6. The predicted octanol–water partition coefficient (Wildman–Crippen LogP) is 2.93. The summed E-state index contributed by atoms with van der Waals surface area (Å²) in [5.74, 6) is -1.43. The minimum absolute atomic E-state index is 0.0686. The van der Waals surface area contributed by atoms with Gasteiger partial charge in [-0.05, 0) is 36.0 Å². The fourth-order valence-electron chi connectivity index (χ4n) is 4.32. The highest BCUT2D eigenvalue weighted by Gasteiger charge is 2.59. The van der Waals surface area contributed by atoms with E-state index in [0.717, 1.165) is 18.4 Å². The number of β-lactam (4-membered cyclic amide) rings is 1. The van der Waals surface area contributed by atoms with E-state index >= 15 is 0 Å². The molecule has 5 heteroatoms. The van der Waals surface area contributed by atoms with Gasteiger partial charge in [0.15, 0.2) is 0 Å². The average Bonchev–Trinajstić information content (AvgIpc) is 2.84. The highest BCUT2D eigenvalue weighted by molar-refractivity contribution is 6.06. The molecule has 2 aliphatic heterocycles. The van der Waals surface area contributed by atoms with Gasteiger partial charge >= 0.3 is 5.97 Å². The number of hydrogen-bond acceptors (Lipinski definition) is 3. The average molecular weight is 357 g/mol. The number of carbonyl (C=O) groups is 2. The van der Waals surface area contributed by atoms with E-state index < -0.39 is 18.0 Å². The van der Waals surface area contributed by atoms with Gasteiger partial charge in [0.1, 0.15) is 5.70 Å². The lowest BCUT2D eigenvalue weighted by molar-refractivity contribution is -0.163. The maximum atomic E-state index is 12.4. The second-order valence-corrected chi connectivity index (χ2v) is 7.74. The lowest BCUT2D eigenvalue weighted by atomic mass is 9.77. The van der Waals surface area contributed by atoms with Crippen molar-refractivity contribution in [2.24, 2.45) is 17.8 Å². The highest BCUT2D eigenvalue weighted by Crippen LogP contribution is 2.50. The molecule has 0 spiro atoms.